The number of aromatic nitrogens is 1. The van der Waals surface area contributed by atoms with Crippen LogP contribution in [0.5, 0.6) is 0 Å². The summed E-state index contributed by atoms with van der Waals surface area (Å²) < 4.78 is 1.90. The maximum Gasteiger partial charge on any atom is 0.0999 e. The summed E-state index contributed by atoms with van der Waals surface area (Å²) in [6, 6.07) is 13.2. The van der Waals surface area contributed by atoms with Crippen LogP contribution in [0.4, 0.5) is 0 Å². The van der Waals surface area contributed by atoms with Crippen molar-refractivity contribution in [3.8, 4) is 23.4 Å². The largest absolute Gasteiger partial charge is 0.350 e. The molecule has 16 heavy (non-hydrogen) atoms. The van der Waals surface area contributed by atoms with Gasteiger partial charge in [0.1, 0.15) is 0 Å². The number of hydrogen-bond donors (Lipinski definition) is 0. The van der Waals surface area contributed by atoms with Crippen LogP contribution in [0.1, 0.15) is 11.1 Å². The molecule has 0 radical (unpaired) electrons. The molecule has 0 spiro atoms. The number of rotatable bonds is 1. The van der Waals surface area contributed by atoms with Gasteiger partial charge in [0.05, 0.1) is 29.0 Å². The van der Waals surface area contributed by atoms with Crippen molar-refractivity contribution >= 4 is 0 Å². The van der Waals surface area contributed by atoms with Crippen molar-refractivity contribution in [1.82, 2.24) is 4.57 Å². The van der Waals surface area contributed by atoms with Gasteiger partial charge in [-0.25, -0.2) is 0 Å². The number of nitriles is 2. The van der Waals surface area contributed by atoms with Crippen molar-refractivity contribution in [2.45, 2.75) is 0 Å². The van der Waals surface area contributed by atoms with E-state index in [1.807, 2.05) is 29.9 Å². The van der Waals surface area contributed by atoms with Gasteiger partial charge < -0.3 is 4.57 Å². The zero-order valence-electron chi connectivity index (χ0n) is 8.81. The highest BCUT2D eigenvalue weighted by atomic mass is 14.9. The van der Waals surface area contributed by atoms with Gasteiger partial charge in [0.15, 0.2) is 0 Å². The summed E-state index contributed by atoms with van der Waals surface area (Å²) >= 11 is 0. The molecule has 2 rings (SSSR count). The SMILES string of the molecule is Cn1cccc1-c1c(C#N)cccc1C#N. The second-order valence-corrected chi connectivity index (χ2v) is 3.46. The Morgan fingerprint density at radius 1 is 1.00 bits per heavy atom. The van der Waals surface area contributed by atoms with Crippen LogP contribution in [0.3, 0.4) is 0 Å². The molecule has 0 aliphatic carbocycles. The van der Waals surface area contributed by atoms with E-state index < -0.39 is 0 Å². The van der Waals surface area contributed by atoms with Gasteiger partial charge in [0, 0.05) is 18.8 Å². The fourth-order valence-electron chi connectivity index (χ4n) is 1.74. The van der Waals surface area contributed by atoms with E-state index >= 15 is 0 Å². The molecule has 0 amide bonds. The standard InChI is InChI=1S/C13H9N3/c1-16-7-3-6-12(16)13-10(8-14)4-2-5-11(13)9-15/h2-7H,1H3. The topological polar surface area (TPSA) is 52.5 Å². The third kappa shape index (κ3) is 1.45. The van der Waals surface area contributed by atoms with Crippen LogP contribution in [0, 0.1) is 22.7 Å². The molecule has 3 nitrogen and oxygen atoms in total. The van der Waals surface area contributed by atoms with Gasteiger partial charge in [-0.05, 0) is 24.3 Å². The van der Waals surface area contributed by atoms with E-state index in [1.165, 1.54) is 0 Å². The van der Waals surface area contributed by atoms with Crippen molar-refractivity contribution in [2.24, 2.45) is 7.05 Å². The first-order valence-corrected chi connectivity index (χ1v) is 4.83. The minimum Gasteiger partial charge on any atom is -0.350 e. The molecule has 0 fully saturated rings. The Morgan fingerprint density at radius 3 is 2.06 bits per heavy atom. The number of nitrogens with zero attached hydrogens (tertiary/aromatic N) is 3. The minimum absolute atomic E-state index is 0.529. The monoisotopic (exact) mass is 207 g/mol. The van der Waals surface area contributed by atoms with Gasteiger partial charge >= 0.3 is 0 Å². The summed E-state index contributed by atoms with van der Waals surface area (Å²) in [5, 5.41) is 18.1. The summed E-state index contributed by atoms with van der Waals surface area (Å²) in [4.78, 5) is 0. The zero-order chi connectivity index (χ0) is 11.5. The molecular formula is C13H9N3. The first kappa shape index (κ1) is 10.0. The van der Waals surface area contributed by atoms with Crippen molar-refractivity contribution in [1.29, 1.82) is 10.5 Å². The van der Waals surface area contributed by atoms with E-state index in [0.717, 1.165) is 5.69 Å². The highest BCUT2D eigenvalue weighted by Crippen LogP contribution is 2.26. The first-order valence-electron chi connectivity index (χ1n) is 4.83. The average Bonchev–Trinajstić information content (AvgIpc) is 2.74. The molecule has 0 N–H and O–H groups in total. The predicted molar refractivity (Wildman–Crippen MR) is 60.3 cm³/mol. The molecule has 1 heterocycles. The Hall–Kier alpha value is -2.52. The van der Waals surface area contributed by atoms with Gasteiger partial charge in [0.2, 0.25) is 0 Å². The molecule has 0 saturated carbocycles. The predicted octanol–water partition coefficient (Wildman–Crippen LogP) is 2.44. The van der Waals surface area contributed by atoms with Crippen LogP contribution in [0.2, 0.25) is 0 Å². The van der Waals surface area contributed by atoms with E-state index in [-0.39, 0.29) is 0 Å². The van der Waals surface area contributed by atoms with Crippen molar-refractivity contribution < 1.29 is 0 Å². The van der Waals surface area contributed by atoms with Crippen LogP contribution in [0.15, 0.2) is 36.5 Å². The molecule has 1 aromatic carbocycles. The third-order valence-electron chi connectivity index (χ3n) is 2.51. The fraction of sp³-hybridized carbons (Fsp3) is 0.0769. The van der Waals surface area contributed by atoms with Crippen molar-refractivity contribution in [2.75, 3.05) is 0 Å². The maximum absolute atomic E-state index is 9.06. The molecular weight excluding hydrogens is 198 g/mol. The van der Waals surface area contributed by atoms with Gasteiger partial charge in [-0.15, -0.1) is 0 Å². The number of benzene rings is 1. The molecule has 0 aliphatic heterocycles. The van der Waals surface area contributed by atoms with Crippen LogP contribution in [-0.4, -0.2) is 4.57 Å². The van der Waals surface area contributed by atoms with Crippen LogP contribution < -0.4 is 0 Å². The van der Waals surface area contributed by atoms with Crippen LogP contribution >= 0.6 is 0 Å². The van der Waals surface area contributed by atoms with E-state index in [2.05, 4.69) is 12.1 Å². The Labute approximate surface area is 93.8 Å². The highest BCUT2D eigenvalue weighted by molar-refractivity contribution is 5.74. The van der Waals surface area contributed by atoms with Gasteiger partial charge in [0.25, 0.3) is 0 Å². The molecule has 76 valence electrons. The summed E-state index contributed by atoms with van der Waals surface area (Å²) in [6.07, 6.45) is 1.89. The van der Waals surface area contributed by atoms with Gasteiger partial charge in [-0.3, -0.25) is 0 Å². The van der Waals surface area contributed by atoms with Crippen LogP contribution in [0.25, 0.3) is 11.3 Å². The lowest BCUT2D eigenvalue weighted by atomic mass is 9.99. The molecule has 0 aliphatic rings. The Bertz CT molecular complexity index is 577. The van der Waals surface area contributed by atoms with Crippen molar-refractivity contribution in [3.63, 3.8) is 0 Å². The smallest absolute Gasteiger partial charge is 0.0999 e. The minimum atomic E-state index is 0.529. The lowest BCUT2D eigenvalue weighted by Crippen LogP contribution is -1.95. The Balaban J connectivity index is 2.79. The summed E-state index contributed by atoms with van der Waals surface area (Å²) in [5.74, 6) is 0. The van der Waals surface area contributed by atoms with Crippen LogP contribution in [-0.2, 0) is 7.05 Å². The zero-order valence-corrected chi connectivity index (χ0v) is 8.81. The molecule has 0 saturated heterocycles. The second kappa shape index (κ2) is 3.92. The van der Waals surface area contributed by atoms with Gasteiger partial charge in [-0.1, -0.05) is 6.07 Å². The molecule has 0 atom stereocenters. The molecule has 0 bridgehead atoms. The average molecular weight is 207 g/mol. The normalized spacial score (nSPS) is 9.44. The highest BCUT2D eigenvalue weighted by Gasteiger charge is 2.12. The first-order chi connectivity index (χ1) is 7.77. The van der Waals surface area contributed by atoms with E-state index in [0.29, 0.717) is 16.7 Å². The lowest BCUT2D eigenvalue weighted by molar-refractivity contribution is 0.936. The summed E-state index contributed by atoms with van der Waals surface area (Å²) in [5.41, 5.74) is 2.65. The van der Waals surface area contributed by atoms with Gasteiger partial charge in [-0.2, -0.15) is 10.5 Å². The Kier molecular flexibility index (Phi) is 2.45. The number of aryl methyl sites for hydroxylation is 1. The van der Waals surface area contributed by atoms with E-state index in [9.17, 15) is 0 Å². The number of hydrogen-bond acceptors (Lipinski definition) is 2. The molecule has 3 heteroatoms. The van der Waals surface area contributed by atoms with E-state index in [1.54, 1.807) is 18.2 Å². The fourth-order valence-corrected chi connectivity index (χ4v) is 1.74. The molecule has 2 aromatic rings. The second-order valence-electron chi connectivity index (χ2n) is 3.46. The molecule has 0 unspecified atom stereocenters. The van der Waals surface area contributed by atoms with E-state index in [4.69, 9.17) is 10.5 Å². The lowest BCUT2D eigenvalue weighted by Gasteiger charge is -2.07. The maximum atomic E-state index is 9.06. The quantitative estimate of drug-likeness (QED) is 0.721. The summed E-state index contributed by atoms with van der Waals surface area (Å²) in [6.45, 7) is 0. The molecule has 1 aromatic heterocycles. The third-order valence-corrected chi connectivity index (χ3v) is 2.51. The Morgan fingerprint density at radius 2 is 1.62 bits per heavy atom. The van der Waals surface area contributed by atoms with Crippen molar-refractivity contribution in [3.05, 3.63) is 47.7 Å². The summed E-state index contributed by atoms with van der Waals surface area (Å²) in [7, 11) is 1.89.